The molecule has 2 aromatic heterocycles. The maximum Gasteiger partial charge on any atom is 0.258 e. The quantitative estimate of drug-likeness (QED) is 0.0729. The van der Waals surface area contributed by atoms with E-state index in [1.165, 1.54) is 70.0 Å². The maximum absolute atomic E-state index is 14.5. The third kappa shape index (κ3) is 13.6. The van der Waals surface area contributed by atoms with Gasteiger partial charge in [0.25, 0.3) is 11.8 Å². The number of ketones is 1. The number of ether oxygens (including phenoxy) is 3. The molecule has 4 amide bonds. The summed E-state index contributed by atoms with van der Waals surface area (Å²) in [4.78, 5) is 86.6. The average Bonchev–Trinajstić information content (AvgIpc) is 4.21. The third-order valence-electron chi connectivity index (χ3n) is 14.3. The fourth-order valence-electron chi connectivity index (χ4n) is 9.90. The normalized spacial score (nSPS) is 19.7. The number of anilines is 1. The van der Waals surface area contributed by atoms with E-state index < -0.39 is 41.8 Å². The SMILES string of the molecule is CN[C@@H](C)C(=O)N[C@H](C(=O)N1CCC[C@H]1C1=NC(C(=O)c2ccc(F)cc2)CS1)C1CCN(CCOCCOCCC(=O)NCCn2nc3c(c2C#N)-c2cnc(N)c(n2)O[C@H](C)c2cc(F)ccc2C(=O)N(C)C3)CC1. The van der Waals surface area contributed by atoms with Crippen molar-refractivity contribution in [3.63, 3.8) is 0 Å². The number of thioether (sulfide) groups is 1. The third-order valence-corrected chi connectivity index (χ3v) is 15.5. The summed E-state index contributed by atoms with van der Waals surface area (Å²) < 4.78 is 46.9. The molecule has 0 saturated carbocycles. The lowest BCUT2D eigenvalue weighted by Crippen LogP contribution is -2.58. The summed E-state index contributed by atoms with van der Waals surface area (Å²) in [6, 6.07) is 9.32. The summed E-state index contributed by atoms with van der Waals surface area (Å²) >= 11 is 1.48. The molecule has 8 rings (SSSR count). The Morgan fingerprint density at radius 1 is 1.00 bits per heavy atom. The van der Waals surface area contributed by atoms with Crippen LogP contribution in [0.4, 0.5) is 14.6 Å². The minimum atomic E-state index is -0.836. The summed E-state index contributed by atoms with van der Waals surface area (Å²) in [5, 5.41) is 24.6. The Hall–Kier alpha value is -6.91. The number of benzene rings is 2. The number of nitrogen functional groups attached to an aromatic ring is 1. The number of aromatic nitrogens is 4. The standard InChI is InChI=1S/C53H65F2N13O8S/c1-31(58-3)49(71)63-46(53(73)67-17-5-6-42(67)51-62-41(30-77-51)47(70)34-7-9-35(54)10-8-34)33-13-18-66(19-14-33)21-23-75-25-24-74-22-15-44(69)59-16-20-68-43(27-56)45-39-28-60-48(57)50(61-39)76-32(2)38-26-36(55)11-12-37(38)52(72)65(4)29-40(45)64-68/h7-12,26,28,31-33,41-42,46,58H,5-6,13-25,29-30H2,1-4H3,(H2,57,60)(H,59,69)(H,63,71)/t31-,32+,41?,42-,46-/m0/s1. The predicted molar refractivity (Wildman–Crippen MR) is 282 cm³/mol. The van der Waals surface area contributed by atoms with E-state index in [1.54, 1.807) is 27.9 Å². The molecule has 410 valence electrons. The first-order valence-electron chi connectivity index (χ1n) is 25.9. The number of carbonyl (C=O) groups excluding carboxylic acids is 5. The van der Waals surface area contributed by atoms with Crippen molar-refractivity contribution in [1.82, 2.24) is 50.4 Å². The Morgan fingerprint density at radius 3 is 2.48 bits per heavy atom. The zero-order valence-electron chi connectivity index (χ0n) is 43.6. The van der Waals surface area contributed by atoms with E-state index in [-0.39, 0.29) is 103 Å². The molecule has 4 aliphatic rings. The predicted octanol–water partition coefficient (Wildman–Crippen LogP) is 3.53. The van der Waals surface area contributed by atoms with Crippen LogP contribution in [0.1, 0.15) is 89.7 Å². The number of hydrogen-bond donors (Lipinski definition) is 4. The highest BCUT2D eigenvalue weighted by molar-refractivity contribution is 8.14. The number of likely N-dealkylation sites (tertiary alicyclic amines) is 2. The topological polar surface area (TPSA) is 265 Å². The van der Waals surface area contributed by atoms with Gasteiger partial charge >= 0.3 is 0 Å². The number of likely N-dealkylation sites (N-methyl/N-ethyl adjacent to an activating group) is 1. The van der Waals surface area contributed by atoms with Crippen molar-refractivity contribution in [3.05, 3.63) is 88.4 Å². The van der Waals surface area contributed by atoms with Gasteiger partial charge in [0.15, 0.2) is 11.6 Å². The number of rotatable bonds is 20. The molecule has 21 nitrogen and oxygen atoms in total. The molecule has 77 heavy (non-hydrogen) atoms. The van der Waals surface area contributed by atoms with Crippen LogP contribution in [0.2, 0.25) is 0 Å². The molecule has 0 spiro atoms. The number of hydrogen-bond acceptors (Lipinski definition) is 17. The van der Waals surface area contributed by atoms with Crippen LogP contribution in [-0.4, -0.2) is 172 Å². The first kappa shape index (κ1) is 56.3. The van der Waals surface area contributed by atoms with Gasteiger partial charge in [0.05, 0.1) is 79.8 Å². The van der Waals surface area contributed by atoms with Crippen molar-refractivity contribution in [2.75, 3.05) is 84.7 Å². The molecule has 0 radical (unpaired) electrons. The van der Waals surface area contributed by atoms with Crippen molar-refractivity contribution in [2.45, 2.75) is 89.3 Å². The highest BCUT2D eigenvalue weighted by Gasteiger charge is 2.43. The lowest BCUT2D eigenvalue weighted by atomic mass is 9.88. The number of nitrogens with one attached hydrogen (secondary N) is 3. The first-order valence-corrected chi connectivity index (χ1v) is 26.9. The Kier molecular flexibility index (Phi) is 19.0. The lowest BCUT2D eigenvalue weighted by Gasteiger charge is -2.38. The van der Waals surface area contributed by atoms with Crippen molar-refractivity contribution in [2.24, 2.45) is 10.9 Å². The maximum atomic E-state index is 14.5. The van der Waals surface area contributed by atoms with Crippen molar-refractivity contribution >= 4 is 52.0 Å². The Morgan fingerprint density at radius 2 is 1.74 bits per heavy atom. The molecule has 6 heterocycles. The monoisotopic (exact) mass is 1080 g/mol. The minimum Gasteiger partial charge on any atom is -0.467 e. The van der Waals surface area contributed by atoms with E-state index in [0.717, 1.165) is 11.5 Å². The highest BCUT2D eigenvalue weighted by atomic mass is 32.2. The van der Waals surface area contributed by atoms with Gasteiger partial charge in [-0.05, 0) is 108 Å². The Labute approximate surface area is 449 Å². The van der Waals surface area contributed by atoms with Crippen LogP contribution in [-0.2, 0) is 36.9 Å². The van der Waals surface area contributed by atoms with Gasteiger partial charge in [0.1, 0.15) is 41.6 Å². The summed E-state index contributed by atoms with van der Waals surface area (Å²) in [5.74, 6) is -1.98. The summed E-state index contributed by atoms with van der Waals surface area (Å²) in [6.45, 7) is 7.43. The molecular formula is C53H65F2N13O8S. The van der Waals surface area contributed by atoms with Gasteiger partial charge in [-0.25, -0.2) is 18.7 Å². The molecule has 0 aliphatic carbocycles. The van der Waals surface area contributed by atoms with Crippen LogP contribution < -0.4 is 26.4 Å². The van der Waals surface area contributed by atoms with E-state index in [2.05, 4.69) is 42.0 Å². The zero-order chi connectivity index (χ0) is 54.8. The number of fused-ring (bicyclic) bond motifs is 5. The molecule has 4 aliphatic heterocycles. The fraction of sp³-hybridized carbons (Fsp3) is 0.509. The second kappa shape index (κ2) is 26.0. The minimum absolute atomic E-state index is 0.0345. The van der Waals surface area contributed by atoms with Gasteiger partial charge in [0, 0.05) is 55.5 Å². The number of aliphatic imine (C=N–C) groups is 1. The summed E-state index contributed by atoms with van der Waals surface area (Å²) in [5.41, 5.74) is 8.03. The van der Waals surface area contributed by atoms with E-state index in [4.69, 9.17) is 24.9 Å². The number of Topliss-reactive ketones (excluding diaryl/α,β-unsaturated/α-hetero) is 1. The van der Waals surface area contributed by atoms with E-state index >= 15 is 0 Å². The molecule has 2 fully saturated rings. The molecule has 5 atom stereocenters. The smallest absolute Gasteiger partial charge is 0.258 e. The second-order valence-electron chi connectivity index (χ2n) is 19.5. The number of nitriles is 1. The van der Waals surface area contributed by atoms with E-state index in [1.807, 2.05) is 4.90 Å². The van der Waals surface area contributed by atoms with Gasteiger partial charge in [-0.15, -0.1) is 11.8 Å². The van der Waals surface area contributed by atoms with E-state index in [9.17, 15) is 38.0 Å². The van der Waals surface area contributed by atoms with Crippen LogP contribution in [0.25, 0.3) is 11.3 Å². The molecule has 2 aromatic carbocycles. The van der Waals surface area contributed by atoms with Gasteiger partial charge in [0.2, 0.25) is 17.7 Å². The average molecular weight is 1080 g/mol. The van der Waals surface area contributed by atoms with E-state index in [0.29, 0.717) is 86.8 Å². The van der Waals surface area contributed by atoms with Crippen LogP contribution in [0.5, 0.6) is 5.88 Å². The molecule has 1 unspecified atom stereocenters. The van der Waals surface area contributed by atoms with Gasteiger partial charge in [-0.1, -0.05) is 0 Å². The van der Waals surface area contributed by atoms with Crippen LogP contribution in [0, 0.1) is 28.9 Å². The largest absolute Gasteiger partial charge is 0.467 e. The number of carbonyl (C=O) groups is 5. The highest BCUT2D eigenvalue weighted by Crippen LogP contribution is 2.35. The number of nitrogens with two attached hydrogens (primary N) is 1. The van der Waals surface area contributed by atoms with Crippen molar-refractivity contribution < 1.29 is 47.0 Å². The Balaban J connectivity index is 0.761. The van der Waals surface area contributed by atoms with Crippen LogP contribution in [0.3, 0.4) is 0 Å². The fourth-order valence-corrected chi connectivity index (χ4v) is 11.1. The lowest BCUT2D eigenvalue weighted by molar-refractivity contribution is -0.138. The summed E-state index contributed by atoms with van der Waals surface area (Å²) in [6.07, 6.45) is 3.50. The van der Waals surface area contributed by atoms with Crippen molar-refractivity contribution in [3.8, 4) is 23.2 Å². The van der Waals surface area contributed by atoms with Gasteiger partial charge < -0.3 is 50.6 Å². The zero-order valence-corrected chi connectivity index (χ0v) is 44.5. The number of halogens is 2. The molecule has 5 N–H and O–H groups in total. The number of nitrogens with zero attached hydrogens (tertiary/aromatic N) is 9. The Bertz CT molecular complexity index is 2880. The van der Waals surface area contributed by atoms with Gasteiger partial charge in [-0.2, -0.15) is 10.4 Å². The van der Waals surface area contributed by atoms with Crippen molar-refractivity contribution in [1.29, 1.82) is 5.26 Å². The van der Waals surface area contributed by atoms with Gasteiger partial charge in [-0.3, -0.25) is 33.6 Å². The number of piperidine rings is 1. The van der Waals surface area contributed by atoms with Crippen LogP contribution >= 0.6 is 11.8 Å². The molecular weight excluding hydrogens is 1020 g/mol. The van der Waals surface area contributed by atoms with Crippen LogP contribution in [0.15, 0.2) is 53.7 Å². The molecule has 2 bridgehead atoms. The molecule has 2 saturated heterocycles. The number of amides is 4. The first-order chi connectivity index (χ1) is 37.1. The summed E-state index contributed by atoms with van der Waals surface area (Å²) in [7, 11) is 3.27. The molecule has 24 heteroatoms. The molecule has 4 aromatic rings. The second-order valence-corrected chi connectivity index (χ2v) is 20.5.